The molecule has 0 bridgehead atoms. The maximum atomic E-state index is 13.8. The van der Waals surface area contributed by atoms with E-state index in [1.54, 1.807) is 6.92 Å². The van der Waals surface area contributed by atoms with Crippen molar-refractivity contribution in [3.8, 4) is 0 Å². The van der Waals surface area contributed by atoms with E-state index in [9.17, 15) is 23.5 Å². The molecule has 0 saturated carbocycles. The van der Waals surface area contributed by atoms with Crippen molar-refractivity contribution in [1.82, 2.24) is 9.55 Å². The second kappa shape index (κ2) is 6.07. The first-order valence-corrected chi connectivity index (χ1v) is 7.82. The second-order valence-electron chi connectivity index (χ2n) is 4.60. The van der Waals surface area contributed by atoms with Gasteiger partial charge in [-0.2, -0.15) is 0 Å². The van der Waals surface area contributed by atoms with Gasteiger partial charge in [0.2, 0.25) is 0 Å². The standard InChI is InChI=1S/C10H14FN2O6PS/c1-5-3-13(10(14)12-9(5)21)8-2-6(11)7(19-8)4-18-20(15,16)17/h3,6-8H,2,4H2,1H3,(H,12,14,21)(H2,15,16,17)/p-2/t6-,7+,8+/m0/s1. The van der Waals surface area contributed by atoms with Crippen LogP contribution in [0.2, 0.25) is 0 Å². The van der Waals surface area contributed by atoms with E-state index in [2.05, 4.69) is 9.51 Å². The monoisotopic (exact) mass is 338 g/mol. The van der Waals surface area contributed by atoms with Gasteiger partial charge >= 0.3 is 5.69 Å². The highest BCUT2D eigenvalue weighted by atomic mass is 32.1. The molecule has 21 heavy (non-hydrogen) atoms. The number of nitrogens with one attached hydrogen (secondary N) is 1. The summed E-state index contributed by atoms with van der Waals surface area (Å²) in [6, 6.07) is 0. The third-order valence-corrected chi connectivity index (χ3v) is 3.90. The molecule has 0 unspecified atom stereocenters. The van der Waals surface area contributed by atoms with Crippen molar-refractivity contribution in [2.45, 2.75) is 31.8 Å². The van der Waals surface area contributed by atoms with Crippen LogP contribution < -0.4 is 15.5 Å². The number of nitrogens with zero attached hydrogens (tertiary/aromatic N) is 1. The Morgan fingerprint density at radius 1 is 1.67 bits per heavy atom. The summed E-state index contributed by atoms with van der Waals surface area (Å²) in [5.41, 5.74) is 0.0367. The summed E-state index contributed by atoms with van der Waals surface area (Å²) >= 11 is 4.90. The molecule has 2 rings (SSSR count). The Kier molecular flexibility index (Phi) is 4.76. The number of rotatable bonds is 4. The van der Waals surface area contributed by atoms with E-state index < -0.39 is 38.6 Å². The average molecular weight is 338 g/mol. The third kappa shape index (κ3) is 4.06. The molecule has 118 valence electrons. The summed E-state index contributed by atoms with van der Waals surface area (Å²) in [7, 11) is -5.20. The summed E-state index contributed by atoms with van der Waals surface area (Å²) in [6.45, 7) is 0.945. The lowest BCUT2D eigenvalue weighted by Gasteiger charge is -2.30. The first-order chi connectivity index (χ1) is 9.67. The first kappa shape index (κ1) is 16.5. The predicted molar refractivity (Wildman–Crippen MR) is 67.6 cm³/mol. The van der Waals surface area contributed by atoms with Gasteiger partial charge in [0.15, 0.2) is 0 Å². The summed E-state index contributed by atoms with van der Waals surface area (Å²) in [6.07, 6.45) is -2.46. The van der Waals surface area contributed by atoms with Crippen LogP contribution in [0.3, 0.4) is 0 Å². The molecule has 8 nitrogen and oxygen atoms in total. The van der Waals surface area contributed by atoms with Crippen LogP contribution in [0.25, 0.3) is 0 Å². The third-order valence-electron chi connectivity index (χ3n) is 3.02. The summed E-state index contributed by atoms with van der Waals surface area (Å²) < 4.78 is 34.8. The van der Waals surface area contributed by atoms with Crippen LogP contribution in [0.1, 0.15) is 18.2 Å². The second-order valence-corrected chi connectivity index (χ2v) is 6.16. The lowest BCUT2D eigenvalue weighted by Crippen LogP contribution is -2.29. The van der Waals surface area contributed by atoms with E-state index in [0.29, 0.717) is 5.56 Å². The minimum absolute atomic E-state index is 0.167. The zero-order chi connectivity index (χ0) is 15.8. The number of H-pyrrole nitrogens is 1. The Morgan fingerprint density at radius 2 is 2.33 bits per heavy atom. The van der Waals surface area contributed by atoms with Crippen molar-refractivity contribution in [2.24, 2.45) is 0 Å². The largest absolute Gasteiger partial charge is 0.790 e. The van der Waals surface area contributed by atoms with E-state index in [0.717, 1.165) is 4.57 Å². The molecule has 2 heterocycles. The molecule has 0 aromatic carbocycles. The van der Waals surface area contributed by atoms with Crippen molar-refractivity contribution >= 4 is 20.0 Å². The molecule has 1 fully saturated rings. The molecular formula is C10H12FN2O6PS-2. The number of hydrogen-bond acceptors (Lipinski definition) is 7. The predicted octanol–water partition coefficient (Wildman–Crippen LogP) is -0.315. The van der Waals surface area contributed by atoms with Crippen LogP contribution in [0.4, 0.5) is 4.39 Å². The van der Waals surface area contributed by atoms with Crippen LogP contribution in [0, 0.1) is 11.6 Å². The normalized spacial score (nSPS) is 26.2. The molecule has 0 amide bonds. The topological polar surface area (TPSA) is 119 Å². The van der Waals surface area contributed by atoms with E-state index in [4.69, 9.17) is 17.0 Å². The molecule has 0 aliphatic carbocycles. The van der Waals surface area contributed by atoms with Gasteiger partial charge in [0, 0.05) is 18.2 Å². The molecule has 0 spiro atoms. The van der Waals surface area contributed by atoms with Gasteiger partial charge in [0.25, 0.3) is 0 Å². The zero-order valence-corrected chi connectivity index (χ0v) is 12.6. The van der Waals surface area contributed by atoms with E-state index in [1.165, 1.54) is 6.20 Å². The quantitative estimate of drug-likeness (QED) is 0.590. The van der Waals surface area contributed by atoms with Crippen LogP contribution in [-0.2, 0) is 13.8 Å². The number of alkyl halides is 1. The van der Waals surface area contributed by atoms with Crippen molar-refractivity contribution in [1.29, 1.82) is 0 Å². The maximum absolute atomic E-state index is 13.8. The Balaban J connectivity index is 2.14. The molecule has 1 aliphatic heterocycles. The minimum Gasteiger partial charge on any atom is -0.790 e. The van der Waals surface area contributed by atoms with Crippen LogP contribution in [0.5, 0.6) is 0 Å². The lowest BCUT2D eigenvalue weighted by atomic mass is 10.2. The minimum atomic E-state index is -5.20. The molecule has 0 radical (unpaired) electrons. The van der Waals surface area contributed by atoms with Crippen LogP contribution >= 0.6 is 20.0 Å². The summed E-state index contributed by atoms with van der Waals surface area (Å²) in [4.78, 5) is 35.0. The first-order valence-electron chi connectivity index (χ1n) is 5.95. The zero-order valence-electron chi connectivity index (χ0n) is 10.9. The Hall–Kier alpha value is -0.900. The van der Waals surface area contributed by atoms with Gasteiger partial charge in [0.05, 0.1) is 14.4 Å². The fourth-order valence-corrected chi connectivity index (χ4v) is 2.44. The van der Waals surface area contributed by atoms with Crippen molar-refractivity contribution in [3.63, 3.8) is 0 Å². The highest BCUT2D eigenvalue weighted by molar-refractivity contribution is 7.71. The molecule has 1 aromatic rings. The van der Waals surface area contributed by atoms with Gasteiger partial charge in [-0.25, -0.2) is 9.18 Å². The van der Waals surface area contributed by atoms with Gasteiger partial charge in [-0.1, -0.05) is 12.2 Å². The number of phosphoric acid groups is 1. The van der Waals surface area contributed by atoms with E-state index >= 15 is 0 Å². The Bertz CT molecular complexity index is 685. The highest BCUT2D eigenvalue weighted by Gasteiger charge is 2.37. The van der Waals surface area contributed by atoms with Crippen LogP contribution in [0.15, 0.2) is 11.0 Å². The number of aromatic nitrogens is 2. The molecule has 1 aromatic heterocycles. The van der Waals surface area contributed by atoms with Gasteiger partial charge in [-0.3, -0.25) is 9.55 Å². The van der Waals surface area contributed by atoms with Gasteiger partial charge in [-0.15, -0.1) is 0 Å². The van der Waals surface area contributed by atoms with Crippen molar-refractivity contribution in [2.75, 3.05) is 6.61 Å². The number of hydrogen-bond donors (Lipinski definition) is 1. The lowest BCUT2D eigenvalue weighted by molar-refractivity contribution is -0.343. The summed E-state index contributed by atoms with van der Waals surface area (Å²) in [5.74, 6) is 0. The van der Waals surface area contributed by atoms with Gasteiger partial charge in [-0.05, 0) is 6.92 Å². The number of ether oxygens (including phenoxy) is 1. The molecule has 1 aliphatic rings. The molecule has 1 saturated heterocycles. The van der Waals surface area contributed by atoms with E-state index in [-0.39, 0.29) is 11.1 Å². The Labute approximate surface area is 123 Å². The fourth-order valence-electron chi connectivity index (χ4n) is 1.97. The Morgan fingerprint density at radius 3 is 2.95 bits per heavy atom. The smallest absolute Gasteiger partial charge is 0.328 e. The number of aromatic amines is 1. The maximum Gasteiger partial charge on any atom is 0.328 e. The highest BCUT2D eigenvalue weighted by Crippen LogP contribution is 2.33. The average Bonchev–Trinajstić information content (AvgIpc) is 2.72. The van der Waals surface area contributed by atoms with Crippen LogP contribution in [-0.4, -0.2) is 28.4 Å². The SMILES string of the molecule is Cc1cn([C@H]2C[C@H](F)[C@@H](COP(=O)([O-])[O-])O2)c(=O)[nH]c1=S. The number of halogens is 1. The van der Waals surface area contributed by atoms with E-state index in [1.807, 2.05) is 0 Å². The molecular weight excluding hydrogens is 326 g/mol. The molecule has 3 atom stereocenters. The van der Waals surface area contributed by atoms with Gasteiger partial charge < -0.3 is 23.6 Å². The van der Waals surface area contributed by atoms with Crippen molar-refractivity contribution < 1.29 is 28.0 Å². The molecule has 11 heteroatoms. The number of phosphoric ester groups is 1. The van der Waals surface area contributed by atoms with Gasteiger partial charge in [0.1, 0.15) is 23.1 Å². The fraction of sp³-hybridized carbons (Fsp3) is 0.600. The molecule has 1 N–H and O–H groups in total. The number of aryl methyl sites for hydroxylation is 1. The summed E-state index contributed by atoms with van der Waals surface area (Å²) in [5, 5.41) is 0. The van der Waals surface area contributed by atoms with Crippen molar-refractivity contribution in [3.05, 3.63) is 26.9 Å².